The minimum Gasteiger partial charge on any atom is -0.501 e. The molecule has 0 radical (unpaired) electrons. The Balaban J connectivity index is 2.45. The molecule has 0 aliphatic rings. The predicted molar refractivity (Wildman–Crippen MR) is 83.9 cm³/mol. The largest absolute Gasteiger partial charge is 0.501 e. The summed E-state index contributed by atoms with van der Waals surface area (Å²) >= 11 is 0. The summed E-state index contributed by atoms with van der Waals surface area (Å²) in [6.07, 6.45) is 7.21. The van der Waals surface area contributed by atoms with Crippen molar-refractivity contribution in [3.05, 3.63) is 30.0 Å². The standard InChI is InChI=1S/C15H26N2OSi/c1-15(2,3)14-12-16-13(11-17-14)7-8-18-9-10-19(4,5)6/h7-8,11-12H,9-10H2,1-6H3. The lowest BCUT2D eigenvalue weighted by Crippen LogP contribution is -2.20. The molecule has 19 heavy (non-hydrogen) atoms. The van der Waals surface area contributed by atoms with Crippen molar-refractivity contribution < 1.29 is 4.74 Å². The first-order valence-corrected chi connectivity index (χ1v) is 10.5. The van der Waals surface area contributed by atoms with Crippen LogP contribution >= 0.6 is 0 Å². The molecule has 0 amide bonds. The SMILES string of the molecule is CC(C)(C)c1cnc(C=COCC[Si](C)(C)C)cn1. The second-order valence-electron chi connectivity index (χ2n) is 7.06. The number of hydrogen-bond acceptors (Lipinski definition) is 3. The van der Waals surface area contributed by atoms with E-state index in [1.165, 1.54) is 6.04 Å². The van der Waals surface area contributed by atoms with Gasteiger partial charge in [0, 0.05) is 19.7 Å². The third-order valence-corrected chi connectivity index (χ3v) is 4.45. The monoisotopic (exact) mass is 278 g/mol. The van der Waals surface area contributed by atoms with Crippen LogP contribution in [0, 0.1) is 0 Å². The van der Waals surface area contributed by atoms with Crippen LogP contribution in [-0.4, -0.2) is 24.6 Å². The van der Waals surface area contributed by atoms with E-state index >= 15 is 0 Å². The molecule has 1 aromatic heterocycles. The highest BCUT2D eigenvalue weighted by molar-refractivity contribution is 6.76. The average molecular weight is 278 g/mol. The molecule has 0 bridgehead atoms. The molecular weight excluding hydrogens is 252 g/mol. The van der Waals surface area contributed by atoms with Crippen molar-refractivity contribution in [2.24, 2.45) is 0 Å². The van der Waals surface area contributed by atoms with Gasteiger partial charge < -0.3 is 4.74 Å². The molecule has 0 saturated carbocycles. The number of nitrogens with zero attached hydrogens (tertiary/aromatic N) is 2. The summed E-state index contributed by atoms with van der Waals surface area (Å²) in [5.74, 6) is 0. The van der Waals surface area contributed by atoms with Crippen molar-refractivity contribution in [3.8, 4) is 0 Å². The number of hydrogen-bond donors (Lipinski definition) is 0. The second-order valence-corrected chi connectivity index (χ2v) is 12.7. The summed E-state index contributed by atoms with van der Waals surface area (Å²) in [5, 5.41) is 0. The highest BCUT2D eigenvalue weighted by Crippen LogP contribution is 2.18. The molecule has 0 atom stereocenters. The van der Waals surface area contributed by atoms with E-state index < -0.39 is 8.07 Å². The Bertz CT molecular complexity index is 413. The van der Waals surface area contributed by atoms with E-state index in [1.54, 1.807) is 12.5 Å². The van der Waals surface area contributed by atoms with Crippen LogP contribution in [0.2, 0.25) is 25.7 Å². The van der Waals surface area contributed by atoms with Crippen molar-refractivity contribution in [1.82, 2.24) is 9.97 Å². The van der Waals surface area contributed by atoms with Gasteiger partial charge in [-0.25, -0.2) is 0 Å². The smallest absolute Gasteiger partial charge is 0.0850 e. The van der Waals surface area contributed by atoms with Crippen LogP contribution in [-0.2, 0) is 10.2 Å². The molecule has 0 spiro atoms. The van der Waals surface area contributed by atoms with Gasteiger partial charge in [0.1, 0.15) is 0 Å². The van der Waals surface area contributed by atoms with E-state index in [-0.39, 0.29) is 5.41 Å². The van der Waals surface area contributed by atoms with E-state index in [1.807, 2.05) is 12.3 Å². The quantitative estimate of drug-likeness (QED) is 0.462. The van der Waals surface area contributed by atoms with Crippen LogP contribution in [0.5, 0.6) is 0 Å². The predicted octanol–water partition coefficient (Wildman–Crippen LogP) is 4.10. The lowest BCUT2D eigenvalue weighted by Gasteiger charge is -2.16. The van der Waals surface area contributed by atoms with Crippen LogP contribution in [0.15, 0.2) is 18.7 Å². The molecular formula is C15H26N2OSi. The lowest BCUT2D eigenvalue weighted by atomic mass is 9.93. The Morgan fingerprint density at radius 2 is 1.84 bits per heavy atom. The van der Waals surface area contributed by atoms with Gasteiger partial charge in [-0.3, -0.25) is 9.97 Å². The fourth-order valence-electron chi connectivity index (χ4n) is 1.36. The first-order valence-electron chi connectivity index (χ1n) is 6.79. The summed E-state index contributed by atoms with van der Waals surface area (Å²) in [5.41, 5.74) is 1.88. The van der Waals surface area contributed by atoms with Gasteiger partial charge in [-0.15, -0.1) is 0 Å². The van der Waals surface area contributed by atoms with Crippen molar-refractivity contribution >= 4 is 14.1 Å². The summed E-state index contributed by atoms with van der Waals surface area (Å²) in [4.78, 5) is 8.80. The average Bonchev–Trinajstić information content (AvgIpc) is 2.26. The molecule has 4 heteroatoms. The molecule has 1 rings (SSSR count). The third-order valence-electron chi connectivity index (χ3n) is 2.75. The van der Waals surface area contributed by atoms with E-state index in [2.05, 4.69) is 50.4 Å². The first-order chi connectivity index (χ1) is 8.68. The van der Waals surface area contributed by atoms with Crippen LogP contribution in [0.4, 0.5) is 0 Å². The molecule has 1 heterocycles. The van der Waals surface area contributed by atoms with Gasteiger partial charge in [0.25, 0.3) is 0 Å². The molecule has 106 valence electrons. The highest BCUT2D eigenvalue weighted by Gasteiger charge is 2.15. The molecule has 0 unspecified atom stereocenters. The highest BCUT2D eigenvalue weighted by atomic mass is 28.3. The fourth-order valence-corrected chi connectivity index (χ4v) is 2.09. The van der Waals surface area contributed by atoms with Gasteiger partial charge in [-0.2, -0.15) is 0 Å². The Kier molecular flexibility index (Phi) is 5.29. The Morgan fingerprint density at radius 1 is 1.16 bits per heavy atom. The third kappa shape index (κ3) is 6.52. The maximum atomic E-state index is 5.50. The zero-order valence-electron chi connectivity index (χ0n) is 13.0. The van der Waals surface area contributed by atoms with E-state index in [9.17, 15) is 0 Å². The molecule has 0 fully saturated rings. The lowest BCUT2D eigenvalue weighted by molar-refractivity contribution is 0.270. The summed E-state index contributed by atoms with van der Waals surface area (Å²) in [7, 11) is -1.00. The zero-order valence-corrected chi connectivity index (χ0v) is 14.0. The van der Waals surface area contributed by atoms with Gasteiger partial charge in [0.15, 0.2) is 0 Å². The molecule has 0 aliphatic heterocycles. The minimum atomic E-state index is -1.00. The normalized spacial score (nSPS) is 12.9. The van der Waals surface area contributed by atoms with Crippen molar-refractivity contribution in [2.45, 2.75) is 51.9 Å². The number of rotatable bonds is 5. The van der Waals surface area contributed by atoms with Crippen LogP contribution in [0.1, 0.15) is 32.2 Å². The minimum absolute atomic E-state index is 0.0447. The van der Waals surface area contributed by atoms with E-state index in [0.29, 0.717) is 0 Å². The summed E-state index contributed by atoms with van der Waals surface area (Å²) in [6, 6.07) is 1.17. The molecule has 0 aliphatic carbocycles. The maximum Gasteiger partial charge on any atom is 0.0850 e. The topological polar surface area (TPSA) is 35.0 Å². The van der Waals surface area contributed by atoms with Crippen LogP contribution in [0.25, 0.3) is 6.08 Å². The Labute approximate surface area is 118 Å². The first kappa shape index (κ1) is 15.9. The van der Waals surface area contributed by atoms with Crippen molar-refractivity contribution in [2.75, 3.05) is 6.61 Å². The van der Waals surface area contributed by atoms with Crippen LogP contribution in [0.3, 0.4) is 0 Å². The maximum absolute atomic E-state index is 5.50. The summed E-state index contributed by atoms with van der Waals surface area (Å²) in [6.45, 7) is 14.2. The van der Waals surface area contributed by atoms with Gasteiger partial charge in [-0.1, -0.05) is 40.4 Å². The van der Waals surface area contributed by atoms with Gasteiger partial charge in [0.05, 0.1) is 30.5 Å². The zero-order chi connectivity index (χ0) is 14.5. The van der Waals surface area contributed by atoms with Crippen molar-refractivity contribution in [3.63, 3.8) is 0 Å². The van der Waals surface area contributed by atoms with E-state index in [0.717, 1.165) is 18.0 Å². The molecule has 0 aromatic carbocycles. The Morgan fingerprint density at radius 3 is 2.32 bits per heavy atom. The molecule has 0 saturated heterocycles. The number of ether oxygens (including phenoxy) is 1. The van der Waals surface area contributed by atoms with Gasteiger partial charge in [0.2, 0.25) is 0 Å². The number of aromatic nitrogens is 2. The fraction of sp³-hybridized carbons (Fsp3) is 0.600. The van der Waals surface area contributed by atoms with Gasteiger partial charge in [-0.05, 0) is 12.1 Å². The second kappa shape index (κ2) is 6.33. The Hall–Kier alpha value is -1.16. The molecule has 1 aromatic rings. The van der Waals surface area contributed by atoms with Gasteiger partial charge >= 0.3 is 0 Å². The van der Waals surface area contributed by atoms with E-state index in [4.69, 9.17) is 4.74 Å². The molecule has 0 N–H and O–H groups in total. The molecule has 3 nitrogen and oxygen atoms in total. The van der Waals surface area contributed by atoms with Crippen molar-refractivity contribution in [1.29, 1.82) is 0 Å². The summed E-state index contributed by atoms with van der Waals surface area (Å²) < 4.78 is 5.50. The van der Waals surface area contributed by atoms with Crippen LogP contribution < -0.4 is 0 Å².